The lowest BCUT2D eigenvalue weighted by Gasteiger charge is -2.10. The molecule has 0 aliphatic rings. The molecule has 0 aromatic heterocycles. The molecule has 3 nitrogen and oxygen atoms in total. The lowest BCUT2D eigenvalue weighted by atomic mass is 10.3. The third kappa shape index (κ3) is 18.2. The zero-order valence-corrected chi connectivity index (χ0v) is 14.9. The molecule has 0 bridgehead atoms. The fourth-order valence-electron chi connectivity index (χ4n) is 1.41. The van der Waals surface area contributed by atoms with E-state index in [9.17, 15) is 5.11 Å². The van der Waals surface area contributed by atoms with Gasteiger partial charge in [0, 0.05) is 25.7 Å². The molecular formula is C21H28O3. The summed E-state index contributed by atoms with van der Waals surface area (Å²) in [5, 5.41) is 9.68. The molecule has 0 saturated carbocycles. The van der Waals surface area contributed by atoms with Crippen molar-refractivity contribution < 1.29 is 14.6 Å². The van der Waals surface area contributed by atoms with Crippen molar-refractivity contribution >= 4 is 0 Å². The van der Waals surface area contributed by atoms with E-state index < -0.39 is 6.10 Å². The van der Waals surface area contributed by atoms with Crippen LogP contribution in [0.5, 0.6) is 0 Å². The highest BCUT2D eigenvalue weighted by molar-refractivity contribution is 5.26. The van der Waals surface area contributed by atoms with Crippen LogP contribution in [0.25, 0.3) is 0 Å². The van der Waals surface area contributed by atoms with Crippen LogP contribution in [0.1, 0.15) is 52.4 Å². The molecule has 0 amide bonds. The normalized spacial score (nSPS) is 8.83. The summed E-state index contributed by atoms with van der Waals surface area (Å²) in [5.41, 5.74) is 0. The molecule has 0 aromatic carbocycles. The molecule has 1 N–H and O–H groups in total. The smallest absolute Gasteiger partial charge is 0.101 e. The van der Waals surface area contributed by atoms with Gasteiger partial charge < -0.3 is 14.6 Å². The summed E-state index contributed by atoms with van der Waals surface area (Å²) in [6.45, 7) is 5.64. The molecule has 0 spiro atoms. The van der Waals surface area contributed by atoms with Crippen LogP contribution < -0.4 is 0 Å². The molecule has 0 fully saturated rings. The first-order valence-electron chi connectivity index (χ1n) is 8.56. The maximum absolute atomic E-state index is 9.68. The third-order valence-corrected chi connectivity index (χ3v) is 2.59. The van der Waals surface area contributed by atoms with Crippen LogP contribution in [0.4, 0.5) is 0 Å². The molecule has 0 rings (SSSR count). The Morgan fingerprint density at radius 2 is 1.04 bits per heavy atom. The summed E-state index contributed by atoms with van der Waals surface area (Å²) < 4.78 is 10.7. The van der Waals surface area contributed by atoms with E-state index in [1.807, 2.05) is 0 Å². The minimum atomic E-state index is -0.625. The molecule has 0 atom stereocenters. The Balaban J connectivity index is 3.49. The molecule has 0 unspecified atom stereocenters. The number of aliphatic hydroxyl groups is 1. The highest BCUT2D eigenvalue weighted by Gasteiger charge is 2.03. The molecule has 130 valence electrons. The lowest BCUT2D eigenvalue weighted by Crippen LogP contribution is -2.22. The highest BCUT2D eigenvalue weighted by atomic mass is 16.5. The average molecular weight is 328 g/mol. The zero-order chi connectivity index (χ0) is 17.7. The maximum atomic E-state index is 9.68. The van der Waals surface area contributed by atoms with Gasteiger partial charge in [-0.05, 0) is 36.5 Å². The molecule has 0 aliphatic heterocycles. The van der Waals surface area contributed by atoms with Crippen LogP contribution in [0, 0.1) is 47.4 Å². The SMILES string of the molecule is CCCC#CC#CCCOCC(O)COCCC#CC#CCCC. The standard InChI is InChI=1S/C21H28O3/c1-3-5-7-9-11-13-15-17-23-19-21(22)20-24-18-16-14-12-10-8-6-4-2/h21-22H,3-6,15-20H2,1-2H3. The second-order valence-corrected chi connectivity index (χ2v) is 5.01. The van der Waals surface area contributed by atoms with E-state index in [2.05, 4.69) is 61.2 Å². The van der Waals surface area contributed by atoms with Gasteiger partial charge in [-0.2, -0.15) is 0 Å². The van der Waals surface area contributed by atoms with Gasteiger partial charge in [-0.15, -0.1) is 0 Å². The monoisotopic (exact) mass is 328 g/mol. The summed E-state index contributed by atoms with van der Waals surface area (Å²) >= 11 is 0. The number of hydrogen-bond acceptors (Lipinski definition) is 3. The number of rotatable bonds is 10. The minimum Gasteiger partial charge on any atom is -0.388 e. The van der Waals surface area contributed by atoms with Gasteiger partial charge in [0.2, 0.25) is 0 Å². The van der Waals surface area contributed by atoms with Crippen molar-refractivity contribution in [3.63, 3.8) is 0 Å². The zero-order valence-electron chi connectivity index (χ0n) is 14.9. The summed E-state index contributed by atoms with van der Waals surface area (Å²) in [6, 6.07) is 0. The van der Waals surface area contributed by atoms with Gasteiger partial charge in [-0.1, -0.05) is 37.5 Å². The first kappa shape index (κ1) is 22.1. The van der Waals surface area contributed by atoms with Crippen molar-refractivity contribution in [2.24, 2.45) is 0 Å². The number of aliphatic hydroxyl groups excluding tert-OH is 1. The second-order valence-electron chi connectivity index (χ2n) is 5.01. The van der Waals surface area contributed by atoms with Crippen LogP contribution >= 0.6 is 0 Å². The van der Waals surface area contributed by atoms with Crippen LogP contribution in [0.2, 0.25) is 0 Å². The quantitative estimate of drug-likeness (QED) is 0.495. The predicted molar refractivity (Wildman–Crippen MR) is 97.8 cm³/mol. The fourth-order valence-corrected chi connectivity index (χ4v) is 1.41. The minimum absolute atomic E-state index is 0.247. The van der Waals surface area contributed by atoms with Gasteiger partial charge in [0.05, 0.1) is 26.4 Å². The van der Waals surface area contributed by atoms with Crippen LogP contribution in [-0.4, -0.2) is 37.6 Å². The molecule has 0 radical (unpaired) electrons. The largest absolute Gasteiger partial charge is 0.388 e. The topological polar surface area (TPSA) is 38.7 Å². The summed E-state index contributed by atoms with van der Waals surface area (Å²) in [7, 11) is 0. The number of hydrogen-bond donors (Lipinski definition) is 1. The molecular weight excluding hydrogens is 300 g/mol. The Labute approximate surface area is 147 Å². The number of unbranched alkanes of at least 4 members (excludes halogenated alkanes) is 2. The first-order valence-corrected chi connectivity index (χ1v) is 8.56. The van der Waals surface area contributed by atoms with Gasteiger partial charge in [-0.3, -0.25) is 0 Å². The van der Waals surface area contributed by atoms with E-state index in [4.69, 9.17) is 9.47 Å². The van der Waals surface area contributed by atoms with Crippen LogP contribution in [0.15, 0.2) is 0 Å². The van der Waals surface area contributed by atoms with Crippen LogP contribution in [-0.2, 0) is 9.47 Å². The van der Waals surface area contributed by atoms with Gasteiger partial charge >= 0.3 is 0 Å². The highest BCUT2D eigenvalue weighted by Crippen LogP contribution is 1.91. The van der Waals surface area contributed by atoms with Crippen LogP contribution in [0.3, 0.4) is 0 Å². The van der Waals surface area contributed by atoms with Gasteiger partial charge in [0.15, 0.2) is 0 Å². The van der Waals surface area contributed by atoms with E-state index in [0.29, 0.717) is 26.1 Å². The van der Waals surface area contributed by atoms with Crippen molar-refractivity contribution in [2.45, 2.75) is 58.5 Å². The molecule has 0 aliphatic carbocycles. The van der Waals surface area contributed by atoms with Crippen molar-refractivity contribution in [3.8, 4) is 47.4 Å². The van der Waals surface area contributed by atoms with Crippen molar-refractivity contribution in [1.82, 2.24) is 0 Å². The Kier molecular flexibility index (Phi) is 17.7. The molecule has 0 saturated heterocycles. The molecule has 0 aromatic rings. The van der Waals surface area contributed by atoms with Gasteiger partial charge in [-0.25, -0.2) is 0 Å². The van der Waals surface area contributed by atoms with Crippen molar-refractivity contribution in [1.29, 1.82) is 0 Å². The van der Waals surface area contributed by atoms with E-state index >= 15 is 0 Å². The molecule has 3 heteroatoms. The predicted octanol–water partition coefficient (Wildman–Crippen LogP) is 2.77. The third-order valence-electron chi connectivity index (χ3n) is 2.59. The van der Waals surface area contributed by atoms with E-state index in [-0.39, 0.29) is 13.2 Å². The first-order chi connectivity index (χ1) is 11.8. The fraction of sp³-hybridized carbons (Fsp3) is 0.619. The van der Waals surface area contributed by atoms with E-state index in [1.54, 1.807) is 0 Å². The summed E-state index contributed by atoms with van der Waals surface area (Å²) in [6.07, 6.45) is 4.48. The molecule has 0 heterocycles. The number of ether oxygens (including phenoxy) is 2. The summed E-state index contributed by atoms with van der Waals surface area (Å²) in [4.78, 5) is 0. The molecule has 24 heavy (non-hydrogen) atoms. The Morgan fingerprint density at radius 3 is 1.42 bits per heavy atom. The summed E-state index contributed by atoms with van der Waals surface area (Å²) in [5.74, 6) is 22.9. The van der Waals surface area contributed by atoms with E-state index in [0.717, 1.165) is 25.7 Å². The Morgan fingerprint density at radius 1 is 0.667 bits per heavy atom. The van der Waals surface area contributed by atoms with Crippen molar-refractivity contribution in [2.75, 3.05) is 26.4 Å². The average Bonchev–Trinajstić information content (AvgIpc) is 2.59. The lowest BCUT2D eigenvalue weighted by molar-refractivity contribution is -0.0164. The van der Waals surface area contributed by atoms with Gasteiger partial charge in [0.25, 0.3) is 0 Å². The van der Waals surface area contributed by atoms with Gasteiger partial charge in [0.1, 0.15) is 6.10 Å². The van der Waals surface area contributed by atoms with Crippen molar-refractivity contribution in [3.05, 3.63) is 0 Å². The van der Waals surface area contributed by atoms with E-state index in [1.165, 1.54) is 0 Å². The second kappa shape index (κ2) is 19.2. The Bertz CT molecular complexity index is 485. The Hall–Kier alpha value is -1.88. The maximum Gasteiger partial charge on any atom is 0.101 e.